The van der Waals surface area contributed by atoms with Crippen LogP contribution in [0.2, 0.25) is 0 Å². The molecule has 1 saturated heterocycles. The number of benzene rings is 1. The lowest BCUT2D eigenvalue weighted by molar-refractivity contribution is -0.131. The zero-order valence-corrected chi connectivity index (χ0v) is 21.0. The van der Waals surface area contributed by atoms with Crippen LogP contribution in [-0.4, -0.2) is 46.5 Å². The number of carboxylic acids is 1. The highest BCUT2D eigenvalue weighted by Gasteiger charge is 2.48. The number of amides is 1. The first kappa shape index (κ1) is 23.7. The van der Waals surface area contributed by atoms with E-state index in [-0.39, 0.29) is 11.9 Å². The van der Waals surface area contributed by atoms with Crippen molar-refractivity contribution in [2.24, 2.45) is 11.8 Å². The van der Waals surface area contributed by atoms with Gasteiger partial charge in [0.25, 0.3) is 5.91 Å². The van der Waals surface area contributed by atoms with Gasteiger partial charge >= 0.3 is 5.97 Å². The molecule has 2 aliphatic carbocycles. The Balaban J connectivity index is 1.50. The van der Waals surface area contributed by atoms with Gasteiger partial charge in [0, 0.05) is 35.4 Å². The summed E-state index contributed by atoms with van der Waals surface area (Å²) in [7, 11) is 3.12. The minimum absolute atomic E-state index is 0.105. The highest BCUT2D eigenvalue weighted by Crippen LogP contribution is 2.49. The minimum Gasteiger partial charge on any atom is -0.497 e. The van der Waals surface area contributed by atoms with Gasteiger partial charge in [-0.05, 0) is 55.4 Å². The molecule has 1 aromatic heterocycles. The van der Waals surface area contributed by atoms with E-state index in [1.54, 1.807) is 49.5 Å². The van der Waals surface area contributed by atoms with Gasteiger partial charge in [-0.2, -0.15) is 0 Å². The molecule has 2 heterocycles. The maximum atomic E-state index is 13.4. The number of thioether (sulfide) groups is 1. The summed E-state index contributed by atoms with van der Waals surface area (Å²) in [6.07, 6.45) is 8.75. The predicted octanol–water partition coefficient (Wildman–Crippen LogP) is 5.45. The number of thiocarbonyl (C=S) groups is 1. The van der Waals surface area contributed by atoms with Crippen molar-refractivity contribution in [3.05, 3.63) is 46.6 Å². The average molecular weight is 512 g/mol. The summed E-state index contributed by atoms with van der Waals surface area (Å²) in [6, 6.07) is 7.25. The number of hydrogen-bond donors (Lipinski definition) is 1. The lowest BCUT2D eigenvalue weighted by Crippen LogP contribution is -2.41. The summed E-state index contributed by atoms with van der Waals surface area (Å²) in [5.74, 6) is 2.08. The highest BCUT2D eigenvalue weighted by molar-refractivity contribution is 8.26. The number of aliphatic carboxylic acids is 1. The summed E-state index contributed by atoms with van der Waals surface area (Å²) >= 11 is 6.87. The average Bonchev–Trinajstić information content (AvgIpc) is 3.62. The Morgan fingerprint density at radius 3 is 2.51 bits per heavy atom. The molecule has 1 amide bonds. The standard InChI is InChI=1S/C26H25NO6S2/c1-31-18-9-17(10-19(12-18)32-2)21-11-16(5-6-24(28)29)22(33-21)13-23-25(30)27(26(34)35-23)20-8-14-3-4-15(20)7-14/h5-6,9-15,20H,3-4,7-8H2,1-2H3,(H,28,29)/b6-5+,23-13-. The fraction of sp³-hybridized carbons (Fsp3) is 0.346. The molecule has 3 unspecified atom stereocenters. The van der Waals surface area contributed by atoms with Crippen molar-refractivity contribution in [1.29, 1.82) is 0 Å². The van der Waals surface area contributed by atoms with Crippen LogP contribution < -0.4 is 9.47 Å². The van der Waals surface area contributed by atoms with E-state index in [0.29, 0.717) is 55.2 Å². The van der Waals surface area contributed by atoms with Gasteiger partial charge in [-0.25, -0.2) is 4.79 Å². The number of methoxy groups -OCH3 is 2. The Kier molecular flexibility index (Phi) is 6.46. The zero-order chi connectivity index (χ0) is 24.7. The van der Waals surface area contributed by atoms with Gasteiger partial charge < -0.3 is 19.0 Å². The monoisotopic (exact) mass is 511 g/mol. The number of rotatable bonds is 7. The molecule has 35 heavy (non-hydrogen) atoms. The summed E-state index contributed by atoms with van der Waals surface area (Å²) in [6.45, 7) is 0. The van der Waals surface area contributed by atoms with Crippen LogP contribution >= 0.6 is 24.0 Å². The number of hydrogen-bond acceptors (Lipinski definition) is 7. The zero-order valence-electron chi connectivity index (χ0n) is 19.4. The molecule has 2 saturated carbocycles. The third-order valence-corrected chi connectivity index (χ3v) is 8.28. The summed E-state index contributed by atoms with van der Waals surface area (Å²) in [5.41, 5.74) is 1.23. The topological polar surface area (TPSA) is 89.2 Å². The van der Waals surface area contributed by atoms with E-state index in [0.717, 1.165) is 18.9 Å². The molecule has 3 fully saturated rings. The lowest BCUT2D eigenvalue weighted by atomic mass is 9.94. The second kappa shape index (κ2) is 9.54. The molecule has 9 heteroatoms. The van der Waals surface area contributed by atoms with Gasteiger partial charge in [-0.15, -0.1) is 0 Å². The largest absolute Gasteiger partial charge is 0.497 e. The van der Waals surface area contributed by atoms with Gasteiger partial charge in [0.15, 0.2) is 0 Å². The van der Waals surface area contributed by atoms with Gasteiger partial charge in [0.1, 0.15) is 27.3 Å². The van der Waals surface area contributed by atoms with Crippen molar-refractivity contribution in [2.45, 2.75) is 31.7 Å². The third-order valence-electron chi connectivity index (χ3n) is 6.95. The second-order valence-corrected chi connectivity index (χ2v) is 10.7. The van der Waals surface area contributed by atoms with Crippen LogP contribution in [0.4, 0.5) is 0 Å². The third kappa shape index (κ3) is 4.62. The lowest BCUT2D eigenvalue weighted by Gasteiger charge is -2.30. The molecule has 0 radical (unpaired) electrons. The van der Waals surface area contributed by atoms with Gasteiger partial charge in [-0.3, -0.25) is 9.69 Å². The van der Waals surface area contributed by atoms with E-state index >= 15 is 0 Å². The first-order chi connectivity index (χ1) is 16.9. The Morgan fingerprint density at radius 2 is 1.91 bits per heavy atom. The molecule has 1 aliphatic heterocycles. The number of furan rings is 1. The van der Waals surface area contributed by atoms with E-state index in [4.69, 9.17) is 31.2 Å². The Hall–Kier alpha value is -3.04. The molecule has 3 aliphatic rings. The van der Waals surface area contributed by atoms with E-state index in [9.17, 15) is 9.59 Å². The van der Waals surface area contributed by atoms with Crippen molar-refractivity contribution < 1.29 is 28.6 Å². The summed E-state index contributed by atoms with van der Waals surface area (Å²) in [5, 5.41) is 9.15. The number of carbonyl (C=O) groups excluding carboxylic acids is 1. The van der Waals surface area contributed by atoms with Crippen LogP contribution in [0, 0.1) is 11.8 Å². The number of nitrogens with zero attached hydrogens (tertiary/aromatic N) is 1. The molecule has 182 valence electrons. The number of carboxylic acid groups (broad SMARTS) is 1. The second-order valence-electron chi connectivity index (χ2n) is 9.00. The Bertz CT molecular complexity index is 1240. The molecule has 1 N–H and O–H groups in total. The molecule has 3 atom stereocenters. The Morgan fingerprint density at radius 1 is 1.17 bits per heavy atom. The Labute approximate surface area is 212 Å². The fourth-order valence-electron chi connectivity index (χ4n) is 5.33. The first-order valence-electron chi connectivity index (χ1n) is 11.4. The van der Waals surface area contributed by atoms with E-state index < -0.39 is 5.97 Å². The molecule has 2 aromatic rings. The quantitative estimate of drug-likeness (QED) is 0.388. The van der Waals surface area contributed by atoms with Crippen LogP contribution in [0.3, 0.4) is 0 Å². The SMILES string of the molecule is COc1cc(OC)cc(-c2cc(/C=C/C(=O)O)c(/C=C3\SC(=S)N(C4CC5CCC4C5)C3=O)o2)c1. The van der Waals surface area contributed by atoms with Crippen LogP contribution in [-0.2, 0) is 9.59 Å². The van der Waals surface area contributed by atoms with Crippen molar-refractivity contribution >= 4 is 52.3 Å². The molecule has 0 spiro atoms. The predicted molar refractivity (Wildman–Crippen MR) is 138 cm³/mol. The van der Waals surface area contributed by atoms with Crippen LogP contribution in [0.15, 0.2) is 39.7 Å². The molecular formula is C26H25NO6S2. The van der Waals surface area contributed by atoms with Crippen molar-refractivity contribution in [3.8, 4) is 22.8 Å². The molecule has 7 nitrogen and oxygen atoms in total. The molecule has 2 bridgehead atoms. The maximum absolute atomic E-state index is 13.4. The van der Waals surface area contributed by atoms with Crippen molar-refractivity contribution in [2.75, 3.05) is 14.2 Å². The number of carbonyl (C=O) groups is 2. The maximum Gasteiger partial charge on any atom is 0.328 e. The van der Waals surface area contributed by atoms with Gasteiger partial charge in [-0.1, -0.05) is 30.4 Å². The molecule has 5 rings (SSSR count). The van der Waals surface area contributed by atoms with Gasteiger partial charge in [0.05, 0.1) is 19.1 Å². The van der Waals surface area contributed by atoms with E-state index in [2.05, 4.69) is 0 Å². The fourth-order valence-corrected chi connectivity index (χ4v) is 6.67. The molecule has 1 aromatic carbocycles. The highest BCUT2D eigenvalue weighted by atomic mass is 32.2. The molecular weight excluding hydrogens is 486 g/mol. The van der Waals surface area contributed by atoms with Crippen molar-refractivity contribution in [1.82, 2.24) is 4.90 Å². The van der Waals surface area contributed by atoms with Crippen molar-refractivity contribution in [3.63, 3.8) is 0 Å². The number of fused-ring (bicyclic) bond motifs is 2. The van der Waals surface area contributed by atoms with E-state index in [1.807, 2.05) is 0 Å². The van der Waals surface area contributed by atoms with E-state index in [1.165, 1.54) is 30.7 Å². The summed E-state index contributed by atoms with van der Waals surface area (Å²) in [4.78, 5) is 26.8. The summed E-state index contributed by atoms with van der Waals surface area (Å²) < 4.78 is 17.4. The number of ether oxygens (including phenoxy) is 2. The van der Waals surface area contributed by atoms with Crippen LogP contribution in [0.25, 0.3) is 23.5 Å². The van der Waals surface area contributed by atoms with Gasteiger partial charge in [0.2, 0.25) is 0 Å². The first-order valence-corrected chi connectivity index (χ1v) is 12.6. The van der Waals surface area contributed by atoms with Crippen LogP contribution in [0.5, 0.6) is 11.5 Å². The minimum atomic E-state index is -1.08. The normalized spacial score (nSPS) is 24.8. The van der Waals surface area contributed by atoms with Crippen LogP contribution in [0.1, 0.15) is 37.0 Å². The smallest absolute Gasteiger partial charge is 0.328 e.